The van der Waals surface area contributed by atoms with Crippen LogP contribution in [0, 0.1) is 5.82 Å². The van der Waals surface area contributed by atoms with Crippen LogP contribution in [0.2, 0.25) is 0 Å². The van der Waals surface area contributed by atoms with Crippen molar-refractivity contribution in [2.45, 2.75) is 6.18 Å². The van der Waals surface area contributed by atoms with E-state index >= 15 is 0 Å². The number of hydrogen-bond donors (Lipinski definition) is 0. The lowest BCUT2D eigenvalue weighted by atomic mass is 10.0. The largest absolute Gasteiger partial charge is 0.481 e. The van der Waals surface area contributed by atoms with Gasteiger partial charge in [0.15, 0.2) is 0 Å². The number of halogens is 4. The van der Waals surface area contributed by atoms with E-state index in [1.54, 1.807) is 0 Å². The number of rotatable bonds is 2. The van der Waals surface area contributed by atoms with Gasteiger partial charge in [0.05, 0.1) is 18.9 Å². The fourth-order valence-corrected chi connectivity index (χ4v) is 1.59. The van der Waals surface area contributed by atoms with Gasteiger partial charge in [0.2, 0.25) is 5.88 Å². The molecule has 0 saturated heterocycles. The van der Waals surface area contributed by atoms with Crippen molar-refractivity contribution in [1.82, 2.24) is 4.98 Å². The van der Waals surface area contributed by atoms with E-state index in [-0.39, 0.29) is 11.4 Å². The number of nitrogens with zero attached hydrogens (tertiary/aromatic N) is 1. The molecule has 0 aliphatic carbocycles. The maximum absolute atomic E-state index is 13.6. The molecular weight excluding hydrogens is 262 g/mol. The van der Waals surface area contributed by atoms with Crippen LogP contribution in [-0.2, 0) is 6.18 Å². The number of alkyl halides is 3. The van der Waals surface area contributed by atoms with E-state index in [1.165, 1.54) is 25.3 Å². The Morgan fingerprint density at radius 2 is 1.74 bits per heavy atom. The van der Waals surface area contributed by atoms with Gasteiger partial charge in [-0.1, -0.05) is 12.1 Å². The Balaban J connectivity index is 2.42. The Bertz CT molecular complexity index is 578. The highest BCUT2D eigenvalue weighted by atomic mass is 19.4. The minimum absolute atomic E-state index is 0.139. The smallest absolute Gasteiger partial charge is 0.416 e. The van der Waals surface area contributed by atoms with Crippen LogP contribution in [-0.4, -0.2) is 12.1 Å². The third-order valence-corrected chi connectivity index (χ3v) is 2.56. The zero-order valence-electron chi connectivity index (χ0n) is 9.83. The topological polar surface area (TPSA) is 22.1 Å². The highest BCUT2D eigenvalue weighted by Crippen LogP contribution is 2.32. The Morgan fingerprint density at radius 1 is 1.11 bits per heavy atom. The minimum Gasteiger partial charge on any atom is -0.481 e. The van der Waals surface area contributed by atoms with Crippen LogP contribution in [0.15, 0.2) is 36.5 Å². The maximum Gasteiger partial charge on any atom is 0.416 e. The van der Waals surface area contributed by atoms with Crippen molar-refractivity contribution < 1.29 is 22.3 Å². The van der Waals surface area contributed by atoms with Crippen molar-refractivity contribution in [1.29, 1.82) is 0 Å². The van der Waals surface area contributed by atoms with Crippen LogP contribution in [0.4, 0.5) is 17.6 Å². The van der Waals surface area contributed by atoms with Gasteiger partial charge in [-0.05, 0) is 17.7 Å². The molecule has 0 amide bonds. The van der Waals surface area contributed by atoms with E-state index in [4.69, 9.17) is 4.74 Å². The first kappa shape index (κ1) is 13.3. The monoisotopic (exact) mass is 271 g/mol. The third-order valence-electron chi connectivity index (χ3n) is 2.56. The van der Waals surface area contributed by atoms with Crippen molar-refractivity contribution in [2.24, 2.45) is 0 Å². The number of hydrogen-bond acceptors (Lipinski definition) is 2. The molecular formula is C13H9F4NO. The van der Waals surface area contributed by atoms with Gasteiger partial charge in [0.1, 0.15) is 5.82 Å². The summed E-state index contributed by atoms with van der Waals surface area (Å²) in [4.78, 5) is 3.66. The van der Waals surface area contributed by atoms with Gasteiger partial charge in [-0.15, -0.1) is 0 Å². The molecule has 0 aliphatic rings. The Kier molecular flexibility index (Phi) is 3.42. The van der Waals surface area contributed by atoms with E-state index < -0.39 is 17.6 Å². The second-order valence-corrected chi connectivity index (χ2v) is 3.78. The molecule has 1 heterocycles. The van der Waals surface area contributed by atoms with Crippen LogP contribution in [0.1, 0.15) is 5.56 Å². The van der Waals surface area contributed by atoms with E-state index in [0.717, 1.165) is 18.3 Å². The van der Waals surface area contributed by atoms with Gasteiger partial charge in [-0.25, -0.2) is 9.37 Å². The average Bonchev–Trinajstić information content (AvgIpc) is 2.38. The number of ether oxygens (including phenoxy) is 1. The van der Waals surface area contributed by atoms with E-state index in [0.29, 0.717) is 5.56 Å². The predicted molar refractivity (Wildman–Crippen MR) is 61.2 cm³/mol. The molecule has 19 heavy (non-hydrogen) atoms. The zero-order chi connectivity index (χ0) is 14.0. The van der Waals surface area contributed by atoms with E-state index in [9.17, 15) is 17.6 Å². The standard InChI is InChI=1S/C13H9F4NO/c1-19-12-6-10(11(14)7-18-12)8-2-4-9(5-3-8)13(15,16)17/h2-7H,1H3. The van der Waals surface area contributed by atoms with Crippen LogP contribution < -0.4 is 4.74 Å². The second kappa shape index (κ2) is 4.87. The van der Waals surface area contributed by atoms with Crippen LogP contribution in [0.5, 0.6) is 5.88 Å². The number of methoxy groups -OCH3 is 1. The molecule has 2 nitrogen and oxygen atoms in total. The normalized spacial score (nSPS) is 11.4. The molecule has 2 rings (SSSR count). The molecule has 0 bridgehead atoms. The molecule has 1 aromatic heterocycles. The number of benzene rings is 1. The molecule has 0 fully saturated rings. The molecule has 0 N–H and O–H groups in total. The summed E-state index contributed by atoms with van der Waals surface area (Å²) in [6, 6.07) is 5.56. The van der Waals surface area contributed by atoms with Crippen molar-refractivity contribution in [3.63, 3.8) is 0 Å². The van der Waals surface area contributed by atoms with Gasteiger partial charge >= 0.3 is 6.18 Å². The molecule has 0 unspecified atom stereocenters. The quantitative estimate of drug-likeness (QED) is 0.772. The van der Waals surface area contributed by atoms with Crippen LogP contribution >= 0.6 is 0 Å². The third kappa shape index (κ3) is 2.83. The lowest BCUT2D eigenvalue weighted by molar-refractivity contribution is -0.137. The molecule has 0 aliphatic heterocycles. The lowest BCUT2D eigenvalue weighted by Crippen LogP contribution is -2.04. The second-order valence-electron chi connectivity index (χ2n) is 3.78. The maximum atomic E-state index is 13.6. The molecule has 0 radical (unpaired) electrons. The first-order valence-electron chi connectivity index (χ1n) is 5.29. The first-order chi connectivity index (χ1) is 8.91. The Morgan fingerprint density at radius 3 is 2.26 bits per heavy atom. The van der Waals surface area contributed by atoms with Gasteiger partial charge in [-0.2, -0.15) is 13.2 Å². The minimum atomic E-state index is -4.41. The SMILES string of the molecule is COc1cc(-c2ccc(C(F)(F)F)cc2)c(F)cn1. The van der Waals surface area contributed by atoms with Gasteiger partial charge in [0, 0.05) is 11.6 Å². The first-order valence-corrected chi connectivity index (χ1v) is 5.29. The summed E-state index contributed by atoms with van der Waals surface area (Å²) < 4.78 is 55.7. The van der Waals surface area contributed by atoms with E-state index in [1.807, 2.05) is 0 Å². The molecule has 2 aromatic rings. The summed E-state index contributed by atoms with van der Waals surface area (Å²) in [5, 5.41) is 0. The highest BCUT2D eigenvalue weighted by molar-refractivity contribution is 5.65. The van der Waals surface area contributed by atoms with E-state index in [2.05, 4.69) is 4.98 Å². The van der Waals surface area contributed by atoms with Crippen molar-refractivity contribution in [3.05, 3.63) is 47.9 Å². The Labute approximate surface area is 106 Å². The number of aromatic nitrogens is 1. The summed E-state index contributed by atoms with van der Waals surface area (Å²) in [5.41, 5.74) is -0.315. The molecule has 0 saturated carbocycles. The highest BCUT2D eigenvalue weighted by Gasteiger charge is 2.30. The summed E-state index contributed by atoms with van der Waals surface area (Å²) in [6.07, 6.45) is -3.45. The summed E-state index contributed by atoms with van der Waals surface area (Å²) in [7, 11) is 1.37. The number of pyridine rings is 1. The molecule has 0 spiro atoms. The molecule has 0 atom stereocenters. The average molecular weight is 271 g/mol. The van der Waals surface area contributed by atoms with Gasteiger partial charge in [-0.3, -0.25) is 0 Å². The predicted octanol–water partition coefficient (Wildman–Crippen LogP) is 3.92. The molecule has 1 aromatic carbocycles. The summed E-state index contributed by atoms with van der Waals surface area (Å²) >= 11 is 0. The fourth-order valence-electron chi connectivity index (χ4n) is 1.59. The van der Waals surface area contributed by atoms with Crippen molar-refractivity contribution in [3.8, 4) is 17.0 Å². The molecule has 100 valence electrons. The van der Waals surface area contributed by atoms with Crippen molar-refractivity contribution in [2.75, 3.05) is 7.11 Å². The van der Waals surface area contributed by atoms with Gasteiger partial charge in [0.25, 0.3) is 0 Å². The van der Waals surface area contributed by atoms with Crippen LogP contribution in [0.3, 0.4) is 0 Å². The van der Waals surface area contributed by atoms with Crippen LogP contribution in [0.25, 0.3) is 11.1 Å². The van der Waals surface area contributed by atoms with Crippen molar-refractivity contribution >= 4 is 0 Å². The zero-order valence-corrected chi connectivity index (χ0v) is 9.83. The fraction of sp³-hybridized carbons (Fsp3) is 0.154. The Hall–Kier alpha value is -2.11. The summed E-state index contributed by atoms with van der Waals surface area (Å²) in [5.74, 6) is -0.433. The lowest BCUT2D eigenvalue weighted by Gasteiger charge is -2.09. The van der Waals surface area contributed by atoms with Gasteiger partial charge < -0.3 is 4.74 Å². The summed E-state index contributed by atoms with van der Waals surface area (Å²) in [6.45, 7) is 0. The molecule has 6 heteroatoms.